The fraction of sp³-hybridized carbons (Fsp3) is 0.267. The molecule has 1 aromatic heterocycles. The van der Waals surface area contributed by atoms with Crippen molar-refractivity contribution in [1.82, 2.24) is 14.7 Å². The van der Waals surface area contributed by atoms with Crippen molar-refractivity contribution in [1.29, 1.82) is 0 Å². The van der Waals surface area contributed by atoms with Crippen LogP contribution in [0.25, 0.3) is 5.69 Å². The van der Waals surface area contributed by atoms with Crippen molar-refractivity contribution in [3.8, 4) is 23.1 Å². The van der Waals surface area contributed by atoms with E-state index in [1.54, 1.807) is 41.0 Å². The van der Waals surface area contributed by atoms with Gasteiger partial charge in [0, 0.05) is 24.8 Å². The molecule has 1 aliphatic heterocycles. The maximum absolute atomic E-state index is 14.7. The normalized spacial score (nSPS) is 14.8. The van der Waals surface area contributed by atoms with E-state index in [1.165, 1.54) is 6.07 Å². The third kappa shape index (κ3) is 5.93. The number of amides is 1. The number of ether oxygens (including phenoxy) is 3. The van der Waals surface area contributed by atoms with Gasteiger partial charge < -0.3 is 19.1 Å². The third-order valence-electron chi connectivity index (χ3n) is 6.64. The molecule has 1 unspecified atom stereocenters. The highest BCUT2D eigenvalue weighted by Gasteiger charge is 2.28. The summed E-state index contributed by atoms with van der Waals surface area (Å²) in [6.45, 7) is 2.95. The van der Waals surface area contributed by atoms with Crippen LogP contribution in [0.4, 0.5) is 8.78 Å². The van der Waals surface area contributed by atoms with Gasteiger partial charge in [-0.2, -0.15) is 5.10 Å². The van der Waals surface area contributed by atoms with E-state index in [2.05, 4.69) is 5.10 Å². The maximum Gasteiger partial charge on any atom is 0.254 e. The Morgan fingerprint density at radius 1 is 1.10 bits per heavy atom. The second-order valence-corrected chi connectivity index (χ2v) is 9.35. The first-order chi connectivity index (χ1) is 18.9. The van der Waals surface area contributed by atoms with E-state index in [9.17, 15) is 13.6 Å². The zero-order chi connectivity index (χ0) is 27.4. The third-order valence-corrected chi connectivity index (χ3v) is 6.64. The van der Waals surface area contributed by atoms with Gasteiger partial charge in [0.15, 0.2) is 11.6 Å². The first-order valence-corrected chi connectivity index (χ1v) is 12.7. The van der Waals surface area contributed by atoms with Crippen LogP contribution < -0.4 is 9.47 Å². The molecule has 7 nitrogen and oxygen atoms in total. The molecule has 9 heteroatoms. The number of aromatic nitrogens is 2. The van der Waals surface area contributed by atoms with Gasteiger partial charge in [0.25, 0.3) is 5.91 Å². The smallest absolute Gasteiger partial charge is 0.254 e. The summed E-state index contributed by atoms with van der Waals surface area (Å²) in [5, 5.41) is 4.67. The summed E-state index contributed by atoms with van der Waals surface area (Å²) in [6, 6.07) is 19.4. The number of hydrogen-bond acceptors (Lipinski definition) is 5. The van der Waals surface area contributed by atoms with Crippen LogP contribution >= 0.6 is 0 Å². The molecule has 1 aliphatic rings. The fourth-order valence-corrected chi connectivity index (χ4v) is 4.61. The van der Waals surface area contributed by atoms with Gasteiger partial charge in [-0.15, -0.1) is 0 Å². The predicted octanol–water partition coefficient (Wildman–Crippen LogP) is 6.08. The second kappa shape index (κ2) is 11.7. The molecule has 0 bridgehead atoms. The topological polar surface area (TPSA) is 65.8 Å². The molecule has 1 atom stereocenters. The lowest BCUT2D eigenvalue weighted by atomic mass is 10.1. The molecule has 5 rings (SSSR count). The molecule has 4 aromatic rings. The van der Waals surface area contributed by atoms with Gasteiger partial charge in [0.2, 0.25) is 5.88 Å². The standard InChI is InChI=1S/C30H29F2N3O4/c1-20-26(19-34(18-25-12-7-15-38-25)29(36)21-8-6-11-24(16-21)37-2)30(35(33-20)23-9-4-3-5-10-23)39-28-14-13-22(31)17-27(28)32/h3-6,8-11,13-14,16-17,25H,7,12,15,18-19H2,1-2H3. The highest BCUT2D eigenvalue weighted by Crippen LogP contribution is 2.34. The largest absolute Gasteiger partial charge is 0.497 e. The molecule has 0 spiro atoms. The van der Waals surface area contributed by atoms with Gasteiger partial charge in [-0.25, -0.2) is 13.5 Å². The van der Waals surface area contributed by atoms with Gasteiger partial charge in [-0.1, -0.05) is 24.3 Å². The lowest BCUT2D eigenvalue weighted by molar-refractivity contribution is 0.0505. The number of benzene rings is 3. The number of rotatable bonds is 9. The summed E-state index contributed by atoms with van der Waals surface area (Å²) >= 11 is 0. The highest BCUT2D eigenvalue weighted by molar-refractivity contribution is 5.94. The van der Waals surface area contributed by atoms with Gasteiger partial charge >= 0.3 is 0 Å². The molecule has 2 heterocycles. The minimum absolute atomic E-state index is 0.108. The summed E-state index contributed by atoms with van der Waals surface area (Å²) in [4.78, 5) is 15.5. The number of methoxy groups -OCH3 is 1. The molecule has 0 saturated carbocycles. The molecular weight excluding hydrogens is 504 g/mol. The van der Waals surface area contributed by atoms with E-state index >= 15 is 0 Å². The van der Waals surface area contributed by atoms with E-state index < -0.39 is 11.6 Å². The van der Waals surface area contributed by atoms with Gasteiger partial charge in [-0.3, -0.25) is 4.79 Å². The van der Waals surface area contributed by atoms with E-state index in [4.69, 9.17) is 14.2 Å². The molecule has 202 valence electrons. The zero-order valence-electron chi connectivity index (χ0n) is 21.8. The van der Waals surface area contributed by atoms with E-state index in [0.29, 0.717) is 41.4 Å². The average Bonchev–Trinajstić information content (AvgIpc) is 3.58. The predicted molar refractivity (Wildman–Crippen MR) is 141 cm³/mol. The van der Waals surface area contributed by atoms with Crippen molar-refractivity contribution in [3.63, 3.8) is 0 Å². The summed E-state index contributed by atoms with van der Waals surface area (Å²) in [6.07, 6.45) is 1.66. The van der Waals surface area contributed by atoms with Crippen molar-refractivity contribution in [2.45, 2.75) is 32.4 Å². The van der Waals surface area contributed by atoms with Crippen LogP contribution in [0.1, 0.15) is 34.5 Å². The first kappa shape index (κ1) is 26.4. The van der Waals surface area contributed by atoms with Crippen LogP contribution in [0.3, 0.4) is 0 Å². The van der Waals surface area contributed by atoms with Crippen LogP contribution in [0.5, 0.6) is 17.4 Å². The lowest BCUT2D eigenvalue weighted by Gasteiger charge is -2.26. The monoisotopic (exact) mass is 533 g/mol. The van der Waals surface area contributed by atoms with Crippen LogP contribution in [-0.4, -0.2) is 47.0 Å². The highest BCUT2D eigenvalue weighted by atomic mass is 19.1. The van der Waals surface area contributed by atoms with Crippen LogP contribution in [0.15, 0.2) is 72.8 Å². The Hall–Kier alpha value is -4.24. The summed E-state index contributed by atoms with van der Waals surface area (Å²) < 4.78 is 47.1. The Kier molecular flexibility index (Phi) is 7.88. The van der Waals surface area contributed by atoms with Crippen molar-refractivity contribution in [2.24, 2.45) is 0 Å². The molecule has 0 N–H and O–H groups in total. The number of nitrogens with zero attached hydrogens (tertiary/aromatic N) is 3. The van der Waals surface area contributed by atoms with Crippen molar-refractivity contribution in [2.75, 3.05) is 20.3 Å². The average molecular weight is 534 g/mol. The Balaban J connectivity index is 1.56. The molecule has 0 radical (unpaired) electrons. The Labute approximate surface area is 225 Å². The summed E-state index contributed by atoms with van der Waals surface area (Å²) in [5.41, 5.74) is 2.35. The van der Waals surface area contributed by atoms with Crippen molar-refractivity contribution < 1.29 is 27.8 Å². The fourth-order valence-electron chi connectivity index (χ4n) is 4.61. The van der Waals surface area contributed by atoms with Crippen molar-refractivity contribution in [3.05, 3.63) is 101 Å². The Morgan fingerprint density at radius 3 is 2.64 bits per heavy atom. The molecule has 1 saturated heterocycles. The maximum atomic E-state index is 14.7. The number of carbonyl (C=O) groups is 1. The first-order valence-electron chi connectivity index (χ1n) is 12.7. The number of para-hydroxylation sites is 1. The second-order valence-electron chi connectivity index (χ2n) is 9.35. The van der Waals surface area contributed by atoms with E-state index in [0.717, 1.165) is 25.0 Å². The summed E-state index contributed by atoms with van der Waals surface area (Å²) in [7, 11) is 1.55. The van der Waals surface area contributed by atoms with Gasteiger partial charge in [0.1, 0.15) is 11.6 Å². The molecule has 0 aliphatic carbocycles. The molecular formula is C30H29F2N3O4. The minimum atomic E-state index is -0.844. The molecule has 1 fully saturated rings. The van der Waals surface area contributed by atoms with E-state index in [1.807, 2.05) is 37.3 Å². The number of hydrogen-bond donors (Lipinski definition) is 0. The quantitative estimate of drug-likeness (QED) is 0.261. The Bertz CT molecular complexity index is 1450. The number of aryl methyl sites for hydroxylation is 1. The minimum Gasteiger partial charge on any atom is -0.497 e. The molecule has 1 amide bonds. The van der Waals surface area contributed by atoms with Gasteiger partial charge in [0.05, 0.1) is 36.7 Å². The van der Waals surface area contributed by atoms with Crippen LogP contribution in [0, 0.1) is 18.6 Å². The van der Waals surface area contributed by atoms with Crippen LogP contribution in [0.2, 0.25) is 0 Å². The SMILES string of the molecule is COc1cccc(C(=O)N(Cc2c(C)nn(-c3ccccc3)c2Oc2ccc(F)cc2F)CC2CCCO2)c1. The molecule has 3 aromatic carbocycles. The summed E-state index contributed by atoms with van der Waals surface area (Å²) in [5.74, 6) is -1.11. The zero-order valence-corrected chi connectivity index (χ0v) is 21.8. The number of halogens is 2. The van der Waals surface area contributed by atoms with Gasteiger partial charge in [-0.05, 0) is 62.2 Å². The van der Waals surface area contributed by atoms with Crippen LogP contribution in [-0.2, 0) is 11.3 Å². The van der Waals surface area contributed by atoms with Crippen molar-refractivity contribution >= 4 is 5.91 Å². The van der Waals surface area contributed by atoms with E-state index in [-0.39, 0.29) is 30.2 Å². The number of carbonyl (C=O) groups excluding carboxylic acids is 1. The lowest BCUT2D eigenvalue weighted by Crippen LogP contribution is -2.37. The molecule has 39 heavy (non-hydrogen) atoms. The Morgan fingerprint density at radius 2 is 1.92 bits per heavy atom.